The van der Waals surface area contributed by atoms with Gasteiger partial charge in [0.15, 0.2) is 0 Å². The number of hydrogen-bond acceptors (Lipinski definition) is 5. The van der Waals surface area contributed by atoms with Crippen molar-refractivity contribution in [2.45, 2.75) is 70.5 Å². The number of piperazine rings is 1. The number of benzene rings is 1. The fraction of sp³-hybridized carbons (Fsp3) is 0.696. The van der Waals surface area contributed by atoms with Crippen LogP contribution >= 0.6 is 0 Å². The van der Waals surface area contributed by atoms with Gasteiger partial charge in [0.25, 0.3) is 0 Å². The van der Waals surface area contributed by atoms with Crippen molar-refractivity contribution in [1.29, 1.82) is 0 Å². The van der Waals surface area contributed by atoms with Crippen molar-refractivity contribution in [3.8, 4) is 0 Å². The number of hydrogen-bond donors (Lipinski definition) is 0. The van der Waals surface area contributed by atoms with E-state index in [4.69, 9.17) is 9.47 Å². The molecule has 0 unspecified atom stereocenters. The maximum Gasteiger partial charge on any atom is 0.410 e. The Kier molecular flexibility index (Phi) is 5.87. The van der Waals surface area contributed by atoms with Gasteiger partial charge in [0.2, 0.25) is 0 Å². The molecule has 1 aromatic rings. The quantitative estimate of drug-likeness (QED) is 0.776. The largest absolute Gasteiger partial charge is 0.444 e. The maximum absolute atomic E-state index is 12.9. The zero-order chi connectivity index (χ0) is 20.6. The topological polar surface area (TPSA) is 45.2 Å². The van der Waals surface area contributed by atoms with Crippen LogP contribution in [0.15, 0.2) is 30.3 Å². The monoisotopic (exact) mass is 401 g/mol. The van der Waals surface area contributed by atoms with Crippen LogP contribution in [-0.4, -0.2) is 83.4 Å². The first-order valence-corrected chi connectivity index (χ1v) is 10.9. The van der Waals surface area contributed by atoms with Gasteiger partial charge in [-0.05, 0) is 39.7 Å². The molecule has 0 spiro atoms. The molecule has 29 heavy (non-hydrogen) atoms. The Labute approximate surface area is 174 Å². The number of rotatable bonds is 4. The molecule has 2 bridgehead atoms. The van der Waals surface area contributed by atoms with Crippen LogP contribution in [0.25, 0.3) is 0 Å². The highest BCUT2D eigenvalue weighted by Crippen LogP contribution is 2.30. The molecule has 0 N–H and O–H groups in total. The summed E-state index contributed by atoms with van der Waals surface area (Å²) < 4.78 is 11.5. The Balaban J connectivity index is 1.48. The molecule has 3 aliphatic heterocycles. The second-order valence-corrected chi connectivity index (χ2v) is 9.85. The molecule has 6 heteroatoms. The molecule has 0 aliphatic carbocycles. The molecule has 3 aliphatic rings. The van der Waals surface area contributed by atoms with E-state index in [9.17, 15) is 4.79 Å². The van der Waals surface area contributed by atoms with E-state index in [0.717, 1.165) is 39.2 Å². The van der Waals surface area contributed by atoms with Crippen molar-refractivity contribution in [2.24, 2.45) is 0 Å². The van der Waals surface area contributed by atoms with Gasteiger partial charge in [-0.3, -0.25) is 9.80 Å². The summed E-state index contributed by atoms with van der Waals surface area (Å²) in [5, 5.41) is 0. The first-order valence-electron chi connectivity index (χ1n) is 10.9. The lowest BCUT2D eigenvalue weighted by atomic mass is 10.0. The van der Waals surface area contributed by atoms with Crippen LogP contribution in [0.1, 0.15) is 39.7 Å². The molecule has 0 saturated carbocycles. The van der Waals surface area contributed by atoms with Crippen molar-refractivity contribution < 1.29 is 14.3 Å². The zero-order valence-corrected chi connectivity index (χ0v) is 18.2. The van der Waals surface area contributed by atoms with Gasteiger partial charge >= 0.3 is 6.09 Å². The lowest BCUT2D eigenvalue weighted by Crippen LogP contribution is -2.62. The van der Waals surface area contributed by atoms with Crippen LogP contribution in [0.5, 0.6) is 0 Å². The molecule has 160 valence electrons. The molecule has 0 aromatic heterocycles. The third-order valence-electron chi connectivity index (χ3n) is 6.27. The molecule has 1 aromatic carbocycles. The van der Waals surface area contributed by atoms with Crippen molar-refractivity contribution in [2.75, 3.05) is 32.8 Å². The first-order chi connectivity index (χ1) is 13.8. The highest BCUT2D eigenvalue weighted by Gasteiger charge is 2.42. The van der Waals surface area contributed by atoms with Gasteiger partial charge < -0.3 is 14.4 Å². The van der Waals surface area contributed by atoms with Gasteiger partial charge in [0, 0.05) is 50.8 Å². The summed E-state index contributed by atoms with van der Waals surface area (Å²) in [6.45, 7) is 13.2. The summed E-state index contributed by atoms with van der Waals surface area (Å²) in [7, 11) is 0. The molecular formula is C23H35N3O3. The van der Waals surface area contributed by atoms with E-state index in [1.54, 1.807) is 0 Å². The van der Waals surface area contributed by atoms with E-state index in [0.29, 0.717) is 24.7 Å². The van der Waals surface area contributed by atoms with E-state index in [1.807, 2.05) is 25.7 Å². The van der Waals surface area contributed by atoms with Crippen molar-refractivity contribution in [1.82, 2.24) is 14.7 Å². The Morgan fingerprint density at radius 3 is 2.52 bits per heavy atom. The van der Waals surface area contributed by atoms with Gasteiger partial charge in [-0.1, -0.05) is 30.3 Å². The average molecular weight is 402 g/mol. The Hall–Kier alpha value is -1.63. The second kappa shape index (κ2) is 8.25. The summed E-state index contributed by atoms with van der Waals surface area (Å²) in [5.41, 5.74) is 0.848. The molecule has 6 nitrogen and oxygen atoms in total. The Bertz CT molecular complexity index is 705. The zero-order valence-electron chi connectivity index (χ0n) is 18.2. The normalized spacial score (nSPS) is 30.7. The van der Waals surface area contributed by atoms with Crippen molar-refractivity contribution in [3.63, 3.8) is 0 Å². The van der Waals surface area contributed by atoms with Gasteiger partial charge in [0.1, 0.15) is 5.60 Å². The summed E-state index contributed by atoms with van der Waals surface area (Å²) in [6, 6.07) is 11.6. The van der Waals surface area contributed by atoms with Crippen LogP contribution in [0.4, 0.5) is 4.79 Å². The SMILES string of the molecule is C[C@@H]1CN(Cc2ccccc2)[C@@H](CN2C[C@H]3C[C@@H]2CO3)CN1C(=O)OC(C)(C)C. The minimum absolute atomic E-state index is 0.128. The maximum atomic E-state index is 12.9. The fourth-order valence-corrected chi connectivity index (χ4v) is 4.84. The van der Waals surface area contributed by atoms with Gasteiger partial charge in [0.05, 0.1) is 12.7 Å². The molecular weight excluding hydrogens is 366 g/mol. The summed E-state index contributed by atoms with van der Waals surface area (Å²) >= 11 is 0. The van der Waals surface area contributed by atoms with Crippen LogP contribution in [-0.2, 0) is 16.0 Å². The van der Waals surface area contributed by atoms with E-state index < -0.39 is 5.60 Å². The molecule has 1 amide bonds. The molecule has 3 heterocycles. The highest BCUT2D eigenvalue weighted by atomic mass is 16.6. The highest BCUT2D eigenvalue weighted by molar-refractivity contribution is 5.68. The van der Waals surface area contributed by atoms with Gasteiger partial charge in [-0.15, -0.1) is 0 Å². The third-order valence-corrected chi connectivity index (χ3v) is 6.27. The average Bonchev–Trinajstić information content (AvgIpc) is 3.26. The lowest BCUT2D eigenvalue weighted by Gasteiger charge is -2.47. The van der Waals surface area contributed by atoms with Gasteiger partial charge in [-0.2, -0.15) is 0 Å². The molecule has 0 radical (unpaired) electrons. The predicted molar refractivity (Wildman–Crippen MR) is 113 cm³/mol. The van der Waals surface area contributed by atoms with E-state index in [-0.39, 0.29) is 12.1 Å². The van der Waals surface area contributed by atoms with Crippen LogP contribution in [0, 0.1) is 0 Å². The standard InChI is InChI=1S/C23H35N3O3/c1-17-11-24(12-18-8-6-5-7-9-18)20(13-25-15-21-10-19(25)16-28-21)14-26(17)22(27)29-23(2,3)4/h5-9,17,19-21H,10-16H2,1-4H3/t17-,19-,20+,21-/m1/s1. The van der Waals surface area contributed by atoms with E-state index in [1.165, 1.54) is 5.56 Å². The smallest absolute Gasteiger partial charge is 0.410 e. The second-order valence-electron chi connectivity index (χ2n) is 9.85. The number of nitrogens with zero attached hydrogens (tertiary/aromatic N) is 3. The Morgan fingerprint density at radius 1 is 1.14 bits per heavy atom. The van der Waals surface area contributed by atoms with E-state index >= 15 is 0 Å². The summed E-state index contributed by atoms with van der Waals surface area (Å²) in [4.78, 5) is 19.9. The van der Waals surface area contributed by atoms with E-state index in [2.05, 4.69) is 47.1 Å². The van der Waals surface area contributed by atoms with Gasteiger partial charge in [-0.25, -0.2) is 4.79 Å². The van der Waals surface area contributed by atoms with Crippen LogP contribution in [0.3, 0.4) is 0 Å². The number of ether oxygens (including phenoxy) is 2. The molecule has 4 rings (SSSR count). The minimum Gasteiger partial charge on any atom is -0.444 e. The molecule has 3 saturated heterocycles. The number of amides is 1. The number of carbonyl (C=O) groups is 1. The lowest BCUT2D eigenvalue weighted by molar-refractivity contribution is -0.0303. The number of likely N-dealkylation sites (tertiary alicyclic amines) is 1. The predicted octanol–water partition coefficient (Wildman–Crippen LogP) is 2.97. The van der Waals surface area contributed by atoms with Crippen LogP contribution in [0.2, 0.25) is 0 Å². The molecule has 4 atom stereocenters. The van der Waals surface area contributed by atoms with Crippen molar-refractivity contribution >= 4 is 6.09 Å². The number of fused-ring (bicyclic) bond motifs is 2. The first kappa shape index (κ1) is 20.6. The summed E-state index contributed by atoms with van der Waals surface area (Å²) in [5.74, 6) is 0. The molecule has 3 fully saturated rings. The minimum atomic E-state index is -0.473. The van der Waals surface area contributed by atoms with Crippen LogP contribution < -0.4 is 0 Å². The fourth-order valence-electron chi connectivity index (χ4n) is 4.84. The third kappa shape index (κ3) is 4.93. The summed E-state index contributed by atoms with van der Waals surface area (Å²) in [6.07, 6.45) is 1.35. The number of carbonyl (C=O) groups excluding carboxylic acids is 1. The number of morpholine rings is 1. The Morgan fingerprint density at radius 2 is 1.90 bits per heavy atom. The van der Waals surface area contributed by atoms with Crippen molar-refractivity contribution in [3.05, 3.63) is 35.9 Å².